The molecule has 0 spiro atoms. The van der Waals surface area contributed by atoms with Crippen molar-refractivity contribution in [2.45, 2.75) is 24.9 Å². The summed E-state index contributed by atoms with van der Waals surface area (Å²) < 4.78 is 55.6. The second-order valence-corrected chi connectivity index (χ2v) is 6.22. The Morgan fingerprint density at radius 3 is 2.36 bits per heavy atom. The Bertz CT molecular complexity index is 902. The lowest BCUT2D eigenvalue weighted by molar-refractivity contribution is -0.253. The van der Waals surface area contributed by atoms with Crippen molar-refractivity contribution in [1.29, 1.82) is 0 Å². The molecule has 3 rings (SSSR count). The van der Waals surface area contributed by atoms with Gasteiger partial charge in [-0.15, -0.1) is 0 Å². The number of halogens is 4. The van der Waals surface area contributed by atoms with Crippen LogP contribution in [0.1, 0.15) is 22.7 Å². The van der Waals surface area contributed by atoms with Crippen LogP contribution in [0.5, 0.6) is 11.5 Å². The maximum atomic E-state index is 13.3. The fourth-order valence-corrected chi connectivity index (χ4v) is 2.84. The quantitative estimate of drug-likeness (QED) is 0.549. The van der Waals surface area contributed by atoms with Gasteiger partial charge in [0.1, 0.15) is 11.5 Å². The smallest absolute Gasteiger partial charge is 0.461 e. The summed E-state index contributed by atoms with van der Waals surface area (Å²) in [6, 6.07) is 18.2. The van der Waals surface area contributed by atoms with Crippen LogP contribution in [0.25, 0.3) is 0 Å². The van der Waals surface area contributed by atoms with Crippen LogP contribution < -0.4 is 4.74 Å². The number of hydrogen-bond donors (Lipinski definition) is 1. The summed E-state index contributed by atoms with van der Waals surface area (Å²) in [6.07, 6.45) is -6.73. The monoisotopic (exact) mass is 391 g/mol. The van der Waals surface area contributed by atoms with E-state index < -0.39 is 12.5 Å². The summed E-state index contributed by atoms with van der Waals surface area (Å²) in [6.45, 7) is 0. The highest BCUT2D eigenvalue weighted by molar-refractivity contribution is 5.38. The number of aromatic hydroxyl groups is 1. The summed E-state index contributed by atoms with van der Waals surface area (Å²) in [5.41, 5.74) is 2.15. The Morgan fingerprint density at radius 2 is 1.71 bits per heavy atom. The third kappa shape index (κ3) is 4.79. The highest BCUT2D eigenvalue weighted by Gasteiger charge is 2.44. The molecule has 3 aromatic rings. The van der Waals surface area contributed by atoms with Gasteiger partial charge >= 0.3 is 12.5 Å². The van der Waals surface area contributed by atoms with E-state index in [0.29, 0.717) is 17.7 Å². The molecule has 1 N–H and O–H groups in total. The molecule has 28 heavy (non-hydrogen) atoms. The van der Waals surface area contributed by atoms with Crippen LogP contribution in [0.3, 0.4) is 0 Å². The molecule has 3 nitrogen and oxygen atoms in total. The molecule has 146 valence electrons. The Labute approximate surface area is 159 Å². The number of benzene rings is 2. The van der Waals surface area contributed by atoms with Gasteiger partial charge in [-0.2, -0.15) is 17.6 Å². The molecule has 0 saturated carbocycles. The van der Waals surface area contributed by atoms with Crippen molar-refractivity contribution >= 4 is 0 Å². The molecular formula is C21H17F4NO2. The fourth-order valence-electron chi connectivity index (χ4n) is 2.84. The number of aromatic nitrogens is 1. The Hall–Kier alpha value is -3.09. The molecule has 0 aliphatic carbocycles. The van der Waals surface area contributed by atoms with Crippen molar-refractivity contribution < 1.29 is 27.4 Å². The zero-order valence-corrected chi connectivity index (χ0v) is 14.6. The second-order valence-electron chi connectivity index (χ2n) is 6.22. The average Bonchev–Trinajstić information content (AvgIpc) is 2.67. The molecule has 0 radical (unpaired) electrons. The van der Waals surface area contributed by atoms with E-state index in [9.17, 15) is 22.7 Å². The van der Waals surface area contributed by atoms with E-state index in [1.54, 1.807) is 12.1 Å². The number of pyridine rings is 1. The first-order chi connectivity index (χ1) is 13.3. The average molecular weight is 391 g/mol. The molecule has 0 amide bonds. The molecule has 1 aromatic heterocycles. The van der Waals surface area contributed by atoms with Crippen molar-refractivity contribution in [1.82, 2.24) is 4.98 Å². The number of hydrogen-bond acceptors (Lipinski definition) is 3. The number of alkyl halides is 4. The van der Waals surface area contributed by atoms with Crippen LogP contribution in [0.4, 0.5) is 17.6 Å². The molecule has 0 fully saturated rings. The molecule has 1 unspecified atom stereocenters. The van der Waals surface area contributed by atoms with E-state index in [1.165, 1.54) is 30.5 Å². The van der Waals surface area contributed by atoms with E-state index in [2.05, 4.69) is 9.72 Å². The highest BCUT2D eigenvalue weighted by Crippen LogP contribution is 2.33. The Morgan fingerprint density at radius 1 is 0.964 bits per heavy atom. The molecule has 0 aliphatic heterocycles. The minimum absolute atomic E-state index is 0.00382. The van der Waals surface area contributed by atoms with E-state index >= 15 is 0 Å². The molecule has 2 aromatic carbocycles. The standard InChI is InChI=1S/C21H17F4NO2/c22-20(23)21(24,25)28-17-8-4-7-15(12-17)18(11-14-5-2-1-3-6-14)19-10-9-16(27)13-26-19/h1-10,12-13,18,20,27H,11H2. The van der Waals surface area contributed by atoms with Crippen LogP contribution in [-0.4, -0.2) is 22.6 Å². The van der Waals surface area contributed by atoms with E-state index in [4.69, 9.17) is 0 Å². The molecule has 7 heteroatoms. The molecule has 0 bridgehead atoms. The SMILES string of the molecule is Oc1ccc(C(Cc2ccccc2)c2cccc(OC(F)(F)C(F)F)c2)nc1. The first-order valence-electron chi connectivity index (χ1n) is 8.49. The largest absolute Gasteiger partial charge is 0.506 e. The summed E-state index contributed by atoms with van der Waals surface area (Å²) >= 11 is 0. The zero-order valence-electron chi connectivity index (χ0n) is 14.6. The second kappa shape index (κ2) is 8.29. The van der Waals surface area contributed by atoms with Crippen molar-refractivity contribution in [2.24, 2.45) is 0 Å². The maximum absolute atomic E-state index is 13.3. The molecule has 0 saturated heterocycles. The van der Waals surface area contributed by atoms with Crippen LogP contribution in [0.15, 0.2) is 72.9 Å². The predicted molar refractivity (Wildman–Crippen MR) is 95.9 cm³/mol. The van der Waals surface area contributed by atoms with Crippen molar-refractivity contribution in [3.05, 3.63) is 89.7 Å². The van der Waals surface area contributed by atoms with Gasteiger partial charge in [-0.05, 0) is 41.8 Å². The van der Waals surface area contributed by atoms with Gasteiger partial charge in [-0.25, -0.2) is 0 Å². The zero-order chi connectivity index (χ0) is 20.1. The number of rotatable bonds is 7. The van der Waals surface area contributed by atoms with Gasteiger partial charge in [0.05, 0.1) is 6.20 Å². The lowest BCUT2D eigenvalue weighted by atomic mass is 9.88. The van der Waals surface area contributed by atoms with Gasteiger partial charge in [-0.1, -0.05) is 42.5 Å². The lowest BCUT2D eigenvalue weighted by Crippen LogP contribution is -2.33. The van der Waals surface area contributed by atoms with E-state index in [0.717, 1.165) is 5.56 Å². The van der Waals surface area contributed by atoms with Gasteiger partial charge in [-0.3, -0.25) is 4.98 Å². The molecule has 0 aliphatic rings. The summed E-state index contributed by atoms with van der Waals surface area (Å²) in [5.74, 6) is -0.720. The highest BCUT2D eigenvalue weighted by atomic mass is 19.3. The van der Waals surface area contributed by atoms with Gasteiger partial charge in [0.25, 0.3) is 0 Å². The van der Waals surface area contributed by atoms with Gasteiger partial charge < -0.3 is 9.84 Å². The lowest BCUT2D eigenvalue weighted by Gasteiger charge is -2.20. The first-order valence-corrected chi connectivity index (χ1v) is 8.49. The predicted octanol–water partition coefficient (Wildman–Crippen LogP) is 5.40. The molecular weight excluding hydrogens is 374 g/mol. The maximum Gasteiger partial charge on any atom is 0.461 e. The third-order valence-electron chi connectivity index (χ3n) is 4.18. The Kier molecular flexibility index (Phi) is 5.82. The minimum atomic E-state index is -4.58. The van der Waals surface area contributed by atoms with Crippen LogP contribution in [-0.2, 0) is 6.42 Å². The third-order valence-corrected chi connectivity index (χ3v) is 4.18. The normalized spacial score (nSPS) is 12.8. The minimum Gasteiger partial charge on any atom is -0.506 e. The van der Waals surface area contributed by atoms with Crippen LogP contribution in [0.2, 0.25) is 0 Å². The van der Waals surface area contributed by atoms with Crippen molar-refractivity contribution in [3.63, 3.8) is 0 Å². The first kappa shape index (κ1) is 19.7. The fraction of sp³-hybridized carbons (Fsp3) is 0.190. The summed E-state index contributed by atoms with van der Waals surface area (Å²) in [4.78, 5) is 4.22. The number of nitrogens with zero attached hydrogens (tertiary/aromatic N) is 1. The number of ether oxygens (including phenoxy) is 1. The van der Waals surface area contributed by atoms with Crippen molar-refractivity contribution in [2.75, 3.05) is 0 Å². The van der Waals surface area contributed by atoms with Crippen LogP contribution >= 0.6 is 0 Å². The van der Waals surface area contributed by atoms with Crippen LogP contribution in [0, 0.1) is 0 Å². The molecule has 1 atom stereocenters. The van der Waals surface area contributed by atoms with Crippen molar-refractivity contribution in [3.8, 4) is 11.5 Å². The van der Waals surface area contributed by atoms with Gasteiger partial charge in [0.2, 0.25) is 0 Å². The molecule has 1 heterocycles. The van der Waals surface area contributed by atoms with E-state index in [-0.39, 0.29) is 17.4 Å². The topological polar surface area (TPSA) is 42.4 Å². The summed E-state index contributed by atoms with van der Waals surface area (Å²) in [5, 5.41) is 9.49. The Balaban J connectivity index is 1.96. The van der Waals surface area contributed by atoms with Gasteiger partial charge in [0.15, 0.2) is 0 Å². The van der Waals surface area contributed by atoms with Gasteiger partial charge in [0, 0.05) is 11.6 Å². The van der Waals surface area contributed by atoms with E-state index in [1.807, 2.05) is 30.3 Å². The summed E-state index contributed by atoms with van der Waals surface area (Å²) in [7, 11) is 0.